The van der Waals surface area contributed by atoms with E-state index in [1.54, 1.807) is 48.3 Å². The monoisotopic (exact) mass is 316 g/mol. The molecule has 7 heteroatoms. The Bertz CT molecular complexity index is 697. The molecule has 23 heavy (non-hydrogen) atoms. The van der Waals surface area contributed by atoms with Gasteiger partial charge in [-0.15, -0.1) is 0 Å². The summed E-state index contributed by atoms with van der Waals surface area (Å²) in [6, 6.07) is 6.80. The Balaban J connectivity index is 2.23. The van der Waals surface area contributed by atoms with Crippen LogP contribution in [0.2, 0.25) is 0 Å². The van der Waals surface area contributed by atoms with Crippen molar-refractivity contribution < 1.29 is 14.7 Å². The summed E-state index contributed by atoms with van der Waals surface area (Å²) in [4.78, 5) is 27.8. The second-order valence-corrected chi connectivity index (χ2v) is 5.93. The Labute approximate surface area is 134 Å². The molecule has 2 aromatic rings. The Morgan fingerprint density at radius 2 is 2.09 bits per heavy atom. The van der Waals surface area contributed by atoms with Crippen molar-refractivity contribution >= 4 is 11.9 Å². The zero-order valence-electron chi connectivity index (χ0n) is 13.4. The Morgan fingerprint density at radius 3 is 2.65 bits per heavy atom. The van der Waals surface area contributed by atoms with E-state index in [4.69, 9.17) is 5.11 Å². The molecule has 122 valence electrons. The molecule has 2 aromatic heterocycles. The molecule has 2 heterocycles. The molecule has 2 rings (SSSR count). The number of aromatic nitrogens is 3. The molecule has 0 radical (unpaired) electrons. The predicted octanol–water partition coefficient (Wildman–Crippen LogP) is 1.89. The van der Waals surface area contributed by atoms with Crippen molar-refractivity contribution in [3.05, 3.63) is 42.4 Å². The number of aliphatic carboxylic acids is 1. The van der Waals surface area contributed by atoms with Gasteiger partial charge < -0.3 is 10.4 Å². The second kappa shape index (κ2) is 6.60. The van der Waals surface area contributed by atoms with Gasteiger partial charge in [0.1, 0.15) is 5.69 Å². The number of hydrogen-bond acceptors (Lipinski definition) is 4. The largest absolute Gasteiger partial charge is 0.481 e. The topological polar surface area (TPSA) is 97.1 Å². The van der Waals surface area contributed by atoms with Crippen molar-refractivity contribution in [2.75, 3.05) is 0 Å². The van der Waals surface area contributed by atoms with Crippen LogP contribution in [0.5, 0.6) is 0 Å². The van der Waals surface area contributed by atoms with Crippen LogP contribution in [0.3, 0.4) is 0 Å². The highest BCUT2D eigenvalue weighted by atomic mass is 16.4. The van der Waals surface area contributed by atoms with Gasteiger partial charge in [-0.3, -0.25) is 9.59 Å². The van der Waals surface area contributed by atoms with Gasteiger partial charge in [-0.1, -0.05) is 19.9 Å². The normalized spacial score (nSPS) is 13.6. The lowest BCUT2D eigenvalue weighted by molar-refractivity contribution is -0.138. The third-order valence-electron chi connectivity index (χ3n) is 3.90. The van der Waals surface area contributed by atoms with Crippen molar-refractivity contribution in [1.29, 1.82) is 0 Å². The Hall–Kier alpha value is -2.70. The van der Waals surface area contributed by atoms with Gasteiger partial charge in [0.15, 0.2) is 5.82 Å². The number of nitrogens with one attached hydrogen (secondary N) is 1. The summed E-state index contributed by atoms with van der Waals surface area (Å²) in [7, 11) is 0. The minimum absolute atomic E-state index is 0.0446. The molecule has 0 aromatic carbocycles. The average Bonchev–Trinajstić information content (AvgIpc) is 3.00. The number of pyridine rings is 1. The predicted molar refractivity (Wildman–Crippen MR) is 84.3 cm³/mol. The van der Waals surface area contributed by atoms with Crippen LogP contribution in [0.1, 0.15) is 37.7 Å². The number of carbonyl (C=O) groups excluding carboxylic acids is 1. The van der Waals surface area contributed by atoms with Gasteiger partial charge in [0.2, 0.25) is 0 Å². The van der Waals surface area contributed by atoms with E-state index < -0.39 is 17.4 Å². The summed E-state index contributed by atoms with van der Waals surface area (Å²) >= 11 is 0. The summed E-state index contributed by atoms with van der Waals surface area (Å²) in [5.41, 5.74) is -0.637. The van der Waals surface area contributed by atoms with Crippen LogP contribution < -0.4 is 5.32 Å². The molecule has 0 aliphatic rings. The zero-order chi connectivity index (χ0) is 17.0. The van der Waals surface area contributed by atoms with Gasteiger partial charge >= 0.3 is 5.97 Å². The van der Waals surface area contributed by atoms with Crippen LogP contribution in [-0.4, -0.2) is 37.3 Å². The summed E-state index contributed by atoms with van der Waals surface area (Å²) in [5, 5.41) is 15.9. The number of carbonyl (C=O) groups is 2. The van der Waals surface area contributed by atoms with E-state index in [-0.39, 0.29) is 18.0 Å². The molecule has 0 spiro atoms. The maximum atomic E-state index is 12.5. The van der Waals surface area contributed by atoms with Crippen LogP contribution in [0, 0.1) is 5.92 Å². The van der Waals surface area contributed by atoms with Crippen LogP contribution in [-0.2, 0) is 4.79 Å². The van der Waals surface area contributed by atoms with E-state index >= 15 is 0 Å². The molecule has 0 saturated carbocycles. The summed E-state index contributed by atoms with van der Waals surface area (Å²) in [6.07, 6.45) is 3.19. The second-order valence-electron chi connectivity index (χ2n) is 5.93. The van der Waals surface area contributed by atoms with Gasteiger partial charge in [0.05, 0.1) is 12.0 Å². The maximum absolute atomic E-state index is 12.5. The fraction of sp³-hybridized carbons (Fsp3) is 0.375. The molecule has 2 N–H and O–H groups in total. The number of rotatable bonds is 6. The van der Waals surface area contributed by atoms with Crippen molar-refractivity contribution in [3.8, 4) is 5.82 Å². The molecule has 0 fully saturated rings. The van der Waals surface area contributed by atoms with Crippen molar-refractivity contribution in [2.45, 2.75) is 32.7 Å². The zero-order valence-corrected chi connectivity index (χ0v) is 13.4. The fourth-order valence-corrected chi connectivity index (χ4v) is 2.11. The molecule has 0 saturated heterocycles. The minimum Gasteiger partial charge on any atom is -0.481 e. The number of hydrogen-bond donors (Lipinski definition) is 2. The highest BCUT2D eigenvalue weighted by molar-refractivity contribution is 5.93. The van der Waals surface area contributed by atoms with Crippen molar-refractivity contribution in [2.24, 2.45) is 5.92 Å². The molecule has 1 atom stereocenters. The summed E-state index contributed by atoms with van der Waals surface area (Å²) in [6.45, 7) is 5.47. The number of carboxylic acid groups (broad SMARTS) is 1. The first-order chi connectivity index (χ1) is 10.8. The fourth-order valence-electron chi connectivity index (χ4n) is 2.11. The van der Waals surface area contributed by atoms with E-state index in [1.165, 1.54) is 0 Å². The van der Waals surface area contributed by atoms with Crippen LogP contribution in [0.4, 0.5) is 0 Å². The standard InChI is InChI=1S/C16H20N4O3/c1-11(2)16(3,10-14(21)22)19-15(23)12-6-4-7-13(18-12)20-9-5-8-17-20/h4-9,11H,10H2,1-3H3,(H,19,23)(H,21,22). The quantitative estimate of drug-likeness (QED) is 0.848. The van der Waals surface area contributed by atoms with E-state index in [0.717, 1.165) is 0 Å². The lowest BCUT2D eigenvalue weighted by Gasteiger charge is -2.33. The maximum Gasteiger partial charge on any atom is 0.305 e. The minimum atomic E-state index is -0.959. The molecular weight excluding hydrogens is 296 g/mol. The number of amides is 1. The Kier molecular flexibility index (Phi) is 4.78. The van der Waals surface area contributed by atoms with Gasteiger partial charge in [-0.05, 0) is 31.0 Å². The number of nitrogens with zero attached hydrogens (tertiary/aromatic N) is 3. The van der Waals surface area contributed by atoms with E-state index in [9.17, 15) is 9.59 Å². The first-order valence-corrected chi connectivity index (χ1v) is 7.33. The van der Waals surface area contributed by atoms with Crippen LogP contribution in [0.15, 0.2) is 36.7 Å². The molecule has 7 nitrogen and oxygen atoms in total. The van der Waals surface area contributed by atoms with Gasteiger partial charge in [0, 0.05) is 12.4 Å². The molecular formula is C16H20N4O3. The highest BCUT2D eigenvalue weighted by Crippen LogP contribution is 2.21. The number of carboxylic acids is 1. The van der Waals surface area contributed by atoms with Gasteiger partial charge in [0.25, 0.3) is 5.91 Å². The lowest BCUT2D eigenvalue weighted by atomic mass is 9.85. The summed E-state index contributed by atoms with van der Waals surface area (Å²) in [5.74, 6) is -0.889. The smallest absolute Gasteiger partial charge is 0.305 e. The highest BCUT2D eigenvalue weighted by Gasteiger charge is 2.33. The Morgan fingerprint density at radius 1 is 1.35 bits per heavy atom. The third-order valence-corrected chi connectivity index (χ3v) is 3.90. The molecule has 1 unspecified atom stereocenters. The van der Waals surface area contributed by atoms with Crippen molar-refractivity contribution in [1.82, 2.24) is 20.1 Å². The van der Waals surface area contributed by atoms with Crippen LogP contribution >= 0.6 is 0 Å². The summed E-state index contributed by atoms with van der Waals surface area (Å²) < 4.78 is 1.55. The van der Waals surface area contributed by atoms with E-state index in [0.29, 0.717) is 5.82 Å². The van der Waals surface area contributed by atoms with E-state index in [2.05, 4.69) is 15.4 Å². The van der Waals surface area contributed by atoms with Gasteiger partial charge in [-0.2, -0.15) is 5.10 Å². The average molecular weight is 316 g/mol. The van der Waals surface area contributed by atoms with Crippen molar-refractivity contribution in [3.63, 3.8) is 0 Å². The molecule has 1 amide bonds. The van der Waals surface area contributed by atoms with Gasteiger partial charge in [-0.25, -0.2) is 9.67 Å². The third kappa shape index (κ3) is 3.94. The van der Waals surface area contributed by atoms with Crippen LogP contribution in [0.25, 0.3) is 5.82 Å². The SMILES string of the molecule is CC(C)C(C)(CC(=O)O)NC(=O)c1cccc(-n2cccn2)n1. The molecule has 0 aliphatic heterocycles. The first-order valence-electron chi connectivity index (χ1n) is 7.33. The molecule has 0 bridgehead atoms. The first kappa shape index (κ1) is 16.7. The molecule has 0 aliphatic carbocycles. The lowest BCUT2D eigenvalue weighted by Crippen LogP contribution is -2.51. The van der Waals surface area contributed by atoms with E-state index in [1.807, 2.05) is 13.8 Å².